The highest BCUT2D eigenvalue weighted by Crippen LogP contribution is 2.40. The number of carbonyl (C=O) groups excluding carboxylic acids is 3. The molecule has 1 saturated heterocycles. The van der Waals surface area contributed by atoms with Crippen molar-refractivity contribution in [2.75, 3.05) is 29.9 Å². The molecular formula is C33H39N10O11S2+. The zero-order valence-corrected chi connectivity index (χ0v) is 31.7. The number of hydrogen-bond donors (Lipinski definition) is 9. The largest absolute Gasteiger partial charge is 0.503 e. The number of carboxylic acid groups (broad SMARTS) is 2. The van der Waals surface area contributed by atoms with Crippen LogP contribution in [0.3, 0.4) is 0 Å². The van der Waals surface area contributed by atoms with Gasteiger partial charge in [0, 0.05) is 30.5 Å². The first-order valence-corrected chi connectivity index (χ1v) is 18.7. The van der Waals surface area contributed by atoms with Crippen LogP contribution < -0.4 is 37.4 Å². The van der Waals surface area contributed by atoms with Crippen LogP contribution in [0.4, 0.5) is 11.5 Å². The van der Waals surface area contributed by atoms with Gasteiger partial charge in [0.05, 0.1) is 11.2 Å². The minimum absolute atomic E-state index is 0.00543. The third-order valence-corrected chi connectivity index (χ3v) is 10.8. The zero-order chi connectivity index (χ0) is 41.1. The molecule has 3 atom stereocenters. The summed E-state index contributed by atoms with van der Waals surface area (Å²) in [6, 6.07) is -0.365. The van der Waals surface area contributed by atoms with E-state index in [2.05, 4.69) is 26.1 Å². The molecular weight excluding hydrogens is 777 g/mol. The molecule has 2 unspecified atom stereocenters. The van der Waals surface area contributed by atoms with Gasteiger partial charge in [-0.05, 0) is 42.2 Å². The molecule has 0 spiro atoms. The fourth-order valence-corrected chi connectivity index (χ4v) is 7.64. The fourth-order valence-electron chi connectivity index (χ4n) is 5.50. The molecule has 2 aromatic heterocycles. The number of β-lactam (4-membered cyclic amide) rings is 1. The number of nitrogens with zero attached hydrogens (tertiary/aromatic N) is 5. The zero-order valence-electron chi connectivity index (χ0n) is 30.1. The summed E-state index contributed by atoms with van der Waals surface area (Å²) in [4.78, 5) is 86.1. The molecule has 11 N–H and O–H groups in total. The molecule has 21 nitrogen and oxygen atoms in total. The fraction of sp³-hybridized carbons (Fsp3) is 0.364. The number of nitrogen functional groups attached to an aromatic ring is 1. The van der Waals surface area contributed by atoms with Crippen molar-refractivity contribution in [2.45, 2.75) is 50.8 Å². The Balaban J connectivity index is 1.27. The number of oxime groups is 1. The van der Waals surface area contributed by atoms with E-state index in [9.17, 15) is 49.3 Å². The van der Waals surface area contributed by atoms with Crippen molar-refractivity contribution >= 4 is 70.4 Å². The van der Waals surface area contributed by atoms with Gasteiger partial charge in [-0.2, -0.15) is 4.73 Å². The molecule has 1 fully saturated rings. The SMILES string of the molecule is CC1CC=C(N)SC=C1/C(=N/OC(C)(C)C(=O)O)C(=O)N[C@@H]1C(=O)N2C(C(=O)O)=C(C[n+]3cnc(N)c(NCCNC(=O)c4cc(=O)c(O)cn4O)c3)CSC12. The number of hydrogen-bond acceptors (Lipinski definition) is 16. The number of aromatic hydroxyl groups is 1. The van der Waals surface area contributed by atoms with Crippen LogP contribution in [0.15, 0.2) is 68.1 Å². The second-order valence-electron chi connectivity index (χ2n) is 13.2. The molecule has 0 aliphatic carbocycles. The quantitative estimate of drug-likeness (QED) is 0.0285. The van der Waals surface area contributed by atoms with Crippen molar-refractivity contribution in [1.82, 2.24) is 25.2 Å². The van der Waals surface area contributed by atoms with Crippen molar-refractivity contribution < 1.29 is 53.9 Å². The minimum atomic E-state index is -1.79. The molecule has 56 heavy (non-hydrogen) atoms. The number of nitrogens with one attached hydrogen (secondary N) is 3. The van der Waals surface area contributed by atoms with Crippen LogP contribution in [0.5, 0.6) is 5.75 Å². The molecule has 3 amide bonds. The molecule has 23 heteroatoms. The summed E-state index contributed by atoms with van der Waals surface area (Å²) >= 11 is 2.37. The van der Waals surface area contributed by atoms with E-state index in [1.807, 2.05) is 6.92 Å². The molecule has 0 bridgehead atoms. The number of anilines is 2. The number of allylic oxidation sites excluding steroid dienone is 1. The van der Waals surface area contributed by atoms with E-state index in [1.54, 1.807) is 22.2 Å². The van der Waals surface area contributed by atoms with Crippen molar-refractivity contribution in [2.24, 2.45) is 16.8 Å². The predicted molar refractivity (Wildman–Crippen MR) is 201 cm³/mol. The first-order valence-electron chi connectivity index (χ1n) is 16.7. The van der Waals surface area contributed by atoms with Crippen LogP contribution in [0.2, 0.25) is 0 Å². The Hall–Kier alpha value is -6.23. The normalized spacial score (nSPS) is 19.8. The van der Waals surface area contributed by atoms with Crippen LogP contribution in [-0.2, 0) is 30.6 Å². The highest BCUT2D eigenvalue weighted by molar-refractivity contribution is 8.05. The lowest BCUT2D eigenvalue weighted by Gasteiger charge is -2.49. The highest BCUT2D eigenvalue weighted by Gasteiger charge is 2.54. The van der Waals surface area contributed by atoms with E-state index in [0.29, 0.717) is 39.2 Å². The molecule has 0 aromatic carbocycles. The number of fused-ring (bicyclic) bond motifs is 1. The van der Waals surface area contributed by atoms with Crippen LogP contribution in [0.25, 0.3) is 0 Å². The summed E-state index contributed by atoms with van der Waals surface area (Å²) in [5, 5.41) is 52.4. The molecule has 0 saturated carbocycles. The van der Waals surface area contributed by atoms with Gasteiger partial charge < -0.3 is 52.8 Å². The smallest absolute Gasteiger partial charge is 0.352 e. The maximum atomic E-state index is 13.7. The van der Waals surface area contributed by atoms with E-state index < -0.39 is 63.5 Å². The summed E-state index contributed by atoms with van der Waals surface area (Å²) in [5.41, 5.74) is 9.54. The minimum Gasteiger partial charge on any atom is -0.503 e. The first-order chi connectivity index (χ1) is 26.4. The second-order valence-corrected chi connectivity index (χ2v) is 15.2. The van der Waals surface area contributed by atoms with Crippen molar-refractivity contribution in [3.63, 3.8) is 0 Å². The van der Waals surface area contributed by atoms with Gasteiger partial charge in [-0.1, -0.05) is 29.9 Å². The van der Waals surface area contributed by atoms with Gasteiger partial charge in [0.15, 0.2) is 11.5 Å². The lowest BCUT2D eigenvalue weighted by molar-refractivity contribution is -0.691. The van der Waals surface area contributed by atoms with Crippen LogP contribution >= 0.6 is 23.5 Å². The Morgan fingerprint density at radius 2 is 1.91 bits per heavy atom. The number of pyridine rings is 1. The van der Waals surface area contributed by atoms with E-state index in [4.69, 9.17) is 16.3 Å². The molecule has 3 aliphatic rings. The van der Waals surface area contributed by atoms with Gasteiger partial charge >= 0.3 is 11.9 Å². The van der Waals surface area contributed by atoms with Crippen LogP contribution in [0.1, 0.15) is 37.7 Å². The third kappa shape index (κ3) is 8.83. The Morgan fingerprint density at radius 1 is 1.18 bits per heavy atom. The van der Waals surface area contributed by atoms with Crippen molar-refractivity contribution in [1.29, 1.82) is 0 Å². The number of thioether (sulfide) groups is 2. The highest BCUT2D eigenvalue weighted by atomic mass is 32.2. The number of amides is 3. The summed E-state index contributed by atoms with van der Waals surface area (Å²) in [7, 11) is 0. The molecule has 5 rings (SSSR count). The van der Waals surface area contributed by atoms with E-state index in [-0.39, 0.29) is 48.5 Å². The van der Waals surface area contributed by atoms with Crippen LogP contribution in [-0.4, -0.2) is 106 Å². The number of aromatic nitrogens is 3. The Kier molecular flexibility index (Phi) is 12.2. The van der Waals surface area contributed by atoms with Crippen molar-refractivity contribution in [3.8, 4) is 5.75 Å². The average molecular weight is 816 g/mol. The number of carboxylic acids is 2. The predicted octanol–water partition coefficient (Wildman–Crippen LogP) is -0.671. The number of rotatable bonds is 14. The number of carbonyl (C=O) groups is 5. The van der Waals surface area contributed by atoms with Gasteiger partial charge in [0.25, 0.3) is 29.9 Å². The van der Waals surface area contributed by atoms with E-state index in [1.165, 1.54) is 31.9 Å². The number of aliphatic carboxylic acids is 2. The lowest BCUT2D eigenvalue weighted by Crippen LogP contribution is -2.71. The van der Waals surface area contributed by atoms with Gasteiger partial charge in [-0.15, -0.1) is 11.8 Å². The number of nitrogens with two attached hydrogens (primary N) is 2. The molecule has 5 heterocycles. The van der Waals surface area contributed by atoms with Gasteiger partial charge in [0.2, 0.25) is 11.0 Å². The summed E-state index contributed by atoms with van der Waals surface area (Å²) in [5.74, 6) is -5.77. The Labute approximate surface area is 326 Å². The Bertz CT molecular complexity index is 2170. The lowest BCUT2D eigenvalue weighted by atomic mass is 9.94. The van der Waals surface area contributed by atoms with E-state index in [0.717, 1.165) is 22.7 Å². The maximum Gasteiger partial charge on any atom is 0.352 e. The van der Waals surface area contributed by atoms with Gasteiger partial charge in [-0.25, -0.2) is 14.2 Å². The van der Waals surface area contributed by atoms with Crippen molar-refractivity contribution in [3.05, 3.63) is 74.1 Å². The van der Waals surface area contributed by atoms with E-state index >= 15 is 0 Å². The Morgan fingerprint density at radius 3 is 2.61 bits per heavy atom. The summed E-state index contributed by atoms with van der Waals surface area (Å²) in [6.45, 7) is 4.45. The molecule has 2 aromatic rings. The van der Waals surface area contributed by atoms with Gasteiger partial charge in [-0.3, -0.25) is 24.1 Å². The third-order valence-electron chi connectivity index (χ3n) is 8.69. The first kappa shape index (κ1) is 40.9. The summed E-state index contributed by atoms with van der Waals surface area (Å²) < 4.78 is 1.86. The standard InChI is InChI=1S/C33H38N10O11S2/c1-15-4-5-22(34)55-13-17(15)23(40-54-33(2,3)32(51)52)28(47)39-24-29(48)43-25(31(49)50)16(12-56-30(24)43)9-41-10-18(26(35)38-14-41)36-6-7-37-27(46)19-8-20(44)21(45)11-42(19)53/h5,8,10-11,13-15,24,30,35-36,53H,4,6-7,9,12,34H2,1-3H3,(H5,37,39,45,46,47,49,50,51,52)/p+1/b40-23-/t15?,24-,30?/m1/s1. The van der Waals surface area contributed by atoms with Gasteiger partial charge in [0.1, 0.15) is 41.2 Å². The average Bonchev–Trinajstić information content (AvgIpc) is 3.30. The maximum absolute atomic E-state index is 13.7. The second kappa shape index (κ2) is 16.6. The topological polar surface area (TPSA) is 318 Å². The molecule has 3 aliphatic heterocycles. The molecule has 0 radical (unpaired) electrons. The monoisotopic (exact) mass is 815 g/mol. The summed E-state index contributed by atoms with van der Waals surface area (Å²) in [6.07, 6.45) is 5.84. The van der Waals surface area contributed by atoms with Crippen LogP contribution in [0, 0.1) is 5.92 Å². The molecule has 298 valence electrons.